The highest BCUT2D eigenvalue weighted by Gasteiger charge is 1.93. The fourth-order valence-electron chi connectivity index (χ4n) is 1.66. The van der Waals surface area contributed by atoms with Gasteiger partial charge >= 0.3 is 0 Å². The van der Waals surface area contributed by atoms with Crippen molar-refractivity contribution in [1.82, 2.24) is 0 Å². The van der Waals surface area contributed by atoms with Gasteiger partial charge in [-0.1, -0.05) is 42.7 Å². The van der Waals surface area contributed by atoms with Crippen LogP contribution in [0.25, 0.3) is 0 Å². The Balaban J connectivity index is 2.18. The third-order valence-corrected chi connectivity index (χ3v) is 2.46. The van der Waals surface area contributed by atoms with Crippen molar-refractivity contribution in [2.75, 3.05) is 6.61 Å². The van der Waals surface area contributed by atoms with Crippen molar-refractivity contribution < 1.29 is 5.11 Å². The summed E-state index contributed by atoms with van der Waals surface area (Å²) in [6.07, 6.45) is 5.75. The molecule has 0 unspecified atom stereocenters. The van der Waals surface area contributed by atoms with Crippen molar-refractivity contribution >= 4 is 0 Å². The van der Waals surface area contributed by atoms with Crippen molar-refractivity contribution in [2.24, 2.45) is 0 Å². The first-order chi connectivity index (χ1) is 6.83. The Morgan fingerprint density at radius 3 is 2.57 bits per heavy atom. The minimum absolute atomic E-state index is 0.338. The molecular formula is C13H20O. The first kappa shape index (κ1) is 11.3. The number of benzene rings is 1. The quantitative estimate of drug-likeness (QED) is 0.687. The molecule has 0 atom stereocenters. The molecule has 1 aromatic rings. The molecule has 14 heavy (non-hydrogen) atoms. The van der Waals surface area contributed by atoms with E-state index in [0.29, 0.717) is 6.61 Å². The van der Waals surface area contributed by atoms with Gasteiger partial charge in [0.15, 0.2) is 0 Å². The second-order valence-corrected chi connectivity index (χ2v) is 3.88. The molecule has 0 bridgehead atoms. The number of unbranched alkanes of at least 4 members (excludes halogenated alkanes) is 3. The van der Waals surface area contributed by atoms with Gasteiger partial charge in [-0.2, -0.15) is 0 Å². The molecule has 1 nitrogen and oxygen atoms in total. The van der Waals surface area contributed by atoms with Gasteiger partial charge in [0.2, 0.25) is 0 Å². The number of aliphatic hydroxyl groups is 1. The van der Waals surface area contributed by atoms with E-state index in [0.717, 1.165) is 12.8 Å². The first-order valence-corrected chi connectivity index (χ1v) is 5.49. The molecule has 1 heteroatoms. The Kier molecular flexibility index (Phi) is 5.31. The topological polar surface area (TPSA) is 20.2 Å². The van der Waals surface area contributed by atoms with E-state index in [-0.39, 0.29) is 0 Å². The van der Waals surface area contributed by atoms with Gasteiger partial charge in [-0.25, -0.2) is 0 Å². The van der Waals surface area contributed by atoms with Gasteiger partial charge in [0.05, 0.1) is 0 Å². The summed E-state index contributed by atoms with van der Waals surface area (Å²) in [4.78, 5) is 0. The summed E-state index contributed by atoms with van der Waals surface area (Å²) in [5.41, 5.74) is 2.78. The van der Waals surface area contributed by atoms with Gasteiger partial charge in [-0.05, 0) is 31.7 Å². The molecule has 78 valence electrons. The lowest BCUT2D eigenvalue weighted by atomic mass is 10.0. The standard InChI is InChI=1S/C13H20O/c1-12-7-6-9-13(11-12)8-4-2-3-5-10-14/h6-7,9,11,14H,2-5,8,10H2,1H3. The number of aliphatic hydroxyl groups excluding tert-OH is 1. The van der Waals surface area contributed by atoms with Crippen LogP contribution in [0.15, 0.2) is 24.3 Å². The van der Waals surface area contributed by atoms with Crippen molar-refractivity contribution in [1.29, 1.82) is 0 Å². The van der Waals surface area contributed by atoms with Gasteiger partial charge in [-0.3, -0.25) is 0 Å². The molecule has 0 saturated carbocycles. The van der Waals surface area contributed by atoms with Crippen LogP contribution in [-0.4, -0.2) is 11.7 Å². The average molecular weight is 192 g/mol. The molecule has 1 rings (SSSR count). The molecule has 0 amide bonds. The summed E-state index contributed by atoms with van der Waals surface area (Å²) in [5, 5.41) is 8.62. The van der Waals surface area contributed by atoms with E-state index < -0.39 is 0 Å². The van der Waals surface area contributed by atoms with Crippen LogP contribution in [0.1, 0.15) is 36.8 Å². The lowest BCUT2D eigenvalue weighted by Gasteiger charge is -2.02. The van der Waals surface area contributed by atoms with Crippen molar-refractivity contribution in [3.05, 3.63) is 35.4 Å². The second kappa shape index (κ2) is 6.61. The minimum Gasteiger partial charge on any atom is -0.396 e. The molecular weight excluding hydrogens is 172 g/mol. The van der Waals surface area contributed by atoms with Crippen LogP contribution >= 0.6 is 0 Å². The Morgan fingerprint density at radius 1 is 1.07 bits per heavy atom. The van der Waals surface area contributed by atoms with E-state index in [1.165, 1.54) is 30.4 Å². The predicted octanol–water partition coefficient (Wildman–Crippen LogP) is 3.09. The van der Waals surface area contributed by atoms with E-state index >= 15 is 0 Å². The number of hydrogen-bond acceptors (Lipinski definition) is 1. The molecule has 0 aliphatic carbocycles. The Labute approximate surface area is 86.8 Å². The van der Waals surface area contributed by atoms with Gasteiger partial charge in [0, 0.05) is 6.61 Å². The molecule has 0 heterocycles. The Bertz CT molecular complexity index is 255. The van der Waals surface area contributed by atoms with Gasteiger partial charge < -0.3 is 5.11 Å². The van der Waals surface area contributed by atoms with E-state index in [1.807, 2.05) is 0 Å². The molecule has 0 aliphatic rings. The fourth-order valence-corrected chi connectivity index (χ4v) is 1.66. The second-order valence-electron chi connectivity index (χ2n) is 3.88. The largest absolute Gasteiger partial charge is 0.396 e. The van der Waals surface area contributed by atoms with Crippen LogP contribution in [0.4, 0.5) is 0 Å². The third kappa shape index (κ3) is 4.43. The van der Waals surface area contributed by atoms with Crippen molar-refractivity contribution in [3.63, 3.8) is 0 Å². The summed E-state index contributed by atoms with van der Waals surface area (Å²) < 4.78 is 0. The molecule has 0 spiro atoms. The maximum absolute atomic E-state index is 8.62. The van der Waals surface area contributed by atoms with Crippen LogP contribution in [-0.2, 0) is 6.42 Å². The normalized spacial score (nSPS) is 10.4. The zero-order chi connectivity index (χ0) is 10.2. The molecule has 0 fully saturated rings. The zero-order valence-corrected chi connectivity index (χ0v) is 9.00. The van der Waals surface area contributed by atoms with E-state index in [1.54, 1.807) is 0 Å². The summed E-state index contributed by atoms with van der Waals surface area (Å²) in [7, 11) is 0. The lowest BCUT2D eigenvalue weighted by molar-refractivity contribution is 0.282. The number of hydrogen-bond donors (Lipinski definition) is 1. The Morgan fingerprint density at radius 2 is 1.86 bits per heavy atom. The predicted molar refractivity (Wildman–Crippen MR) is 60.4 cm³/mol. The summed E-state index contributed by atoms with van der Waals surface area (Å²) in [5.74, 6) is 0. The van der Waals surface area contributed by atoms with Gasteiger partial charge in [0.1, 0.15) is 0 Å². The van der Waals surface area contributed by atoms with E-state index in [2.05, 4.69) is 31.2 Å². The van der Waals surface area contributed by atoms with E-state index in [4.69, 9.17) is 5.11 Å². The smallest absolute Gasteiger partial charge is 0.0431 e. The minimum atomic E-state index is 0.338. The lowest BCUT2D eigenvalue weighted by Crippen LogP contribution is -1.88. The Hall–Kier alpha value is -0.820. The highest BCUT2D eigenvalue weighted by Crippen LogP contribution is 2.09. The van der Waals surface area contributed by atoms with Crippen LogP contribution in [0, 0.1) is 6.92 Å². The van der Waals surface area contributed by atoms with Crippen LogP contribution in [0.5, 0.6) is 0 Å². The molecule has 0 aromatic heterocycles. The third-order valence-electron chi connectivity index (χ3n) is 2.46. The van der Waals surface area contributed by atoms with Crippen LogP contribution < -0.4 is 0 Å². The fraction of sp³-hybridized carbons (Fsp3) is 0.538. The van der Waals surface area contributed by atoms with Gasteiger partial charge in [0.25, 0.3) is 0 Å². The summed E-state index contributed by atoms with van der Waals surface area (Å²) >= 11 is 0. The molecule has 0 saturated heterocycles. The SMILES string of the molecule is Cc1cccc(CCCCCCO)c1. The monoisotopic (exact) mass is 192 g/mol. The van der Waals surface area contributed by atoms with Crippen molar-refractivity contribution in [3.8, 4) is 0 Å². The number of aryl methyl sites for hydroxylation is 2. The number of rotatable bonds is 6. The van der Waals surface area contributed by atoms with Gasteiger partial charge in [-0.15, -0.1) is 0 Å². The maximum atomic E-state index is 8.62. The highest BCUT2D eigenvalue weighted by atomic mass is 16.2. The molecule has 0 radical (unpaired) electrons. The molecule has 1 N–H and O–H groups in total. The molecule has 0 aliphatic heterocycles. The first-order valence-electron chi connectivity index (χ1n) is 5.49. The highest BCUT2D eigenvalue weighted by molar-refractivity contribution is 5.22. The van der Waals surface area contributed by atoms with Crippen molar-refractivity contribution in [2.45, 2.75) is 39.0 Å². The zero-order valence-electron chi connectivity index (χ0n) is 9.00. The van der Waals surface area contributed by atoms with Crippen LogP contribution in [0.2, 0.25) is 0 Å². The summed E-state index contributed by atoms with van der Waals surface area (Å²) in [6, 6.07) is 8.71. The van der Waals surface area contributed by atoms with Crippen LogP contribution in [0.3, 0.4) is 0 Å². The maximum Gasteiger partial charge on any atom is 0.0431 e. The van der Waals surface area contributed by atoms with E-state index in [9.17, 15) is 0 Å². The molecule has 1 aromatic carbocycles. The summed E-state index contributed by atoms with van der Waals surface area (Å²) in [6.45, 7) is 2.47. The average Bonchev–Trinajstić information content (AvgIpc) is 2.18.